The van der Waals surface area contributed by atoms with Gasteiger partial charge in [0.1, 0.15) is 6.10 Å². The summed E-state index contributed by atoms with van der Waals surface area (Å²) in [6, 6.07) is 10.5. The van der Waals surface area contributed by atoms with Gasteiger partial charge in [0.2, 0.25) is 0 Å². The summed E-state index contributed by atoms with van der Waals surface area (Å²) < 4.78 is 1.29. The topological polar surface area (TPSA) is 20.2 Å². The summed E-state index contributed by atoms with van der Waals surface area (Å²) in [5.74, 6) is 2.33. The number of fused-ring (bicyclic) bond motifs is 1. The van der Waals surface area contributed by atoms with Gasteiger partial charge >= 0.3 is 0 Å². The highest BCUT2D eigenvalue weighted by atomic mass is 32.1. The van der Waals surface area contributed by atoms with Gasteiger partial charge in [0.15, 0.2) is 0 Å². The first-order chi connectivity index (χ1) is 7.29. The molecule has 0 aliphatic rings. The minimum absolute atomic E-state index is 0.616. The number of thiophene rings is 1. The summed E-state index contributed by atoms with van der Waals surface area (Å²) in [5, 5.41) is 10.5. The van der Waals surface area contributed by atoms with Crippen LogP contribution >= 0.6 is 11.3 Å². The smallest absolute Gasteiger partial charge is 0.114 e. The molecule has 0 saturated heterocycles. The molecule has 0 aliphatic heterocycles. The van der Waals surface area contributed by atoms with E-state index in [1.54, 1.807) is 11.3 Å². The Hall–Kier alpha value is -1.30. The van der Waals surface area contributed by atoms with Crippen molar-refractivity contribution in [1.82, 2.24) is 0 Å². The molecule has 1 atom stereocenters. The van der Waals surface area contributed by atoms with Gasteiger partial charge in [-0.2, -0.15) is 0 Å². The number of aliphatic hydroxyl groups is 1. The second-order valence-electron chi connectivity index (χ2n) is 3.47. The molecule has 1 N–H and O–H groups in total. The maximum absolute atomic E-state index is 9.26. The van der Waals surface area contributed by atoms with E-state index in [1.165, 1.54) is 15.0 Å². The van der Waals surface area contributed by atoms with Gasteiger partial charge in [-0.05, 0) is 30.4 Å². The normalized spacial score (nSPS) is 12.5. The molecule has 1 heterocycles. The average Bonchev–Trinajstić information content (AvgIpc) is 2.68. The number of hydrogen-bond acceptors (Lipinski definition) is 2. The largest absolute Gasteiger partial charge is 0.380 e. The third kappa shape index (κ3) is 2.38. The van der Waals surface area contributed by atoms with Crippen molar-refractivity contribution in [2.45, 2.75) is 18.9 Å². The zero-order valence-electron chi connectivity index (χ0n) is 8.31. The quantitative estimate of drug-likeness (QED) is 0.782. The first-order valence-electron chi connectivity index (χ1n) is 4.91. The first kappa shape index (κ1) is 10.2. The number of rotatable bonds is 3. The monoisotopic (exact) mass is 216 g/mol. The molecule has 2 heteroatoms. The lowest BCUT2D eigenvalue weighted by Gasteiger charge is -1.99. The third-order valence-electron chi connectivity index (χ3n) is 2.33. The van der Waals surface area contributed by atoms with E-state index < -0.39 is 6.10 Å². The molecule has 1 nitrogen and oxygen atoms in total. The van der Waals surface area contributed by atoms with E-state index in [0.717, 1.165) is 6.42 Å². The fraction of sp³-hybridized carbons (Fsp3) is 0.231. The summed E-state index contributed by atoms with van der Waals surface area (Å²) in [7, 11) is 0. The second kappa shape index (κ2) is 4.48. The maximum Gasteiger partial charge on any atom is 0.114 e. The highest BCUT2D eigenvalue weighted by molar-refractivity contribution is 7.19. The molecule has 0 radical (unpaired) electrons. The first-order valence-corrected chi connectivity index (χ1v) is 5.73. The van der Waals surface area contributed by atoms with E-state index in [-0.39, 0.29) is 0 Å². The molecule has 2 aromatic rings. The Labute approximate surface area is 93.4 Å². The van der Waals surface area contributed by atoms with Crippen molar-refractivity contribution in [3.63, 3.8) is 0 Å². The number of benzene rings is 1. The molecule has 0 fully saturated rings. The van der Waals surface area contributed by atoms with E-state index in [9.17, 15) is 5.11 Å². The highest BCUT2D eigenvalue weighted by Crippen LogP contribution is 2.26. The summed E-state index contributed by atoms with van der Waals surface area (Å²) in [6.45, 7) is 0. The van der Waals surface area contributed by atoms with Gasteiger partial charge in [-0.15, -0.1) is 17.8 Å². The predicted octanol–water partition coefficient (Wildman–Crippen LogP) is 2.83. The van der Waals surface area contributed by atoms with Crippen LogP contribution in [0, 0.1) is 12.3 Å². The Bertz CT molecular complexity index is 459. The molecule has 0 spiro atoms. The molecule has 76 valence electrons. The van der Waals surface area contributed by atoms with Crippen molar-refractivity contribution in [3.05, 3.63) is 35.2 Å². The van der Waals surface area contributed by atoms with Crippen LogP contribution in [0.25, 0.3) is 10.1 Å². The molecule has 1 aromatic carbocycles. The van der Waals surface area contributed by atoms with Gasteiger partial charge in [-0.3, -0.25) is 0 Å². The van der Waals surface area contributed by atoms with Crippen LogP contribution in [0.5, 0.6) is 0 Å². The number of hydrogen-bond donors (Lipinski definition) is 1. The van der Waals surface area contributed by atoms with Crippen molar-refractivity contribution in [1.29, 1.82) is 0 Å². The fourth-order valence-corrected chi connectivity index (χ4v) is 2.60. The molecule has 15 heavy (non-hydrogen) atoms. The molecular formula is C13H12OS. The average molecular weight is 216 g/mol. The molecule has 1 aromatic heterocycles. The van der Waals surface area contributed by atoms with Gasteiger partial charge in [-0.1, -0.05) is 24.1 Å². The van der Waals surface area contributed by atoms with Gasteiger partial charge in [0, 0.05) is 9.58 Å². The summed E-state index contributed by atoms with van der Waals surface area (Å²) >= 11 is 1.77. The zero-order chi connectivity index (χ0) is 10.7. The maximum atomic E-state index is 9.26. The van der Waals surface area contributed by atoms with Crippen molar-refractivity contribution < 1.29 is 5.11 Å². The zero-order valence-corrected chi connectivity index (χ0v) is 9.13. The molecule has 0 saturated carbocycles. The van der Waals surface area contributed by atoms with Crippen LogP contribution in [-0.4, -0.2) is 11.2 Å². The SMILES string of the molecule is C#CC(O)CCc1cc2ccccc2s1. The lowest BCUT2D eigenvalue weighted by molar-refractivity contribution is 0.223. The molecule has 0 amide bonds. The Morgan fingerprint density at radius 3 is 2.93 bits per heavy atom. The predicted molar refractivity (Wildman–Crippen MR) is 65.0 cm³/mol. The van der Waals surface area contributed by atoms with Crippen LogP contribution < -0.4 is 0 Å². The Kier molecular flexibility index (Phi) is 3.05. The van der Waals surface area contributed by atoms with Crippen LogP contribution in [0.4, 0.5) is 0 Å². The van der Waals surface area contributed by atoms with Gasteiger partial charge in [-0.25, -0.2) is 0 Å². The summed E-state index contributed by atoms with van der Waals surface area (Å²) in [6.07, 6.45) is 5.99. The number of aryl methyl sites for hydroxylation is 1. The standard InChI is InChI=1S/C13H12OS/c1-2-11(14)7-8-12-9-10-5-3-4-6-13(10)15-12/h1,3-6,9,11,14H,7-8H2. The number of aliphatic hydroxyl groups excluding tert-OH is 1. The van der Waals surface area contributed by atoms with E-state index >= 15 is 0 Å². The van der Waals surface area contributed by atoms with Crippen molar-refractivity contribution in [3.8, 4) is 12.3 Å². The van der Waals surface area contributed by atoms with E-state index in [1.807, 2.05) is 12.1 Å². The minimum Gasteiger partial charge on any atom is -0.380 e. The number of terminal acetylenes is 1. The minimum atomic E-state index is -0.616. The Morgan fingerprint density at radius 1 is 1.40 bits per heavy atom. The summed E-state index contributed by atoms with van der Waals surface area (Å²) in [4.78, 5) is 1.28. The van der Waals surface area contributed by atoms with Crippen LogP contribution in [0.2, 0.25) is 0 Å². The molecule has 1 unspecified atom stereocenters. The van der Waals surface area contributed by atoms with E-state index in [4.69, 9.17) is 6.42 Å². The highest BCUT2D eigenvalue weighted by Gasteiger charge is 2.03. The second-order valence-corrected chi connectivity index (χ2v) is 4.64. The Balaban J connectivity index is 2.13. The molecule has 0 aliphatic carbocycles. The van der Waals surface area contributed by atoms with E-state index in [2.05, 4.69) is 24.1 Å². The van der Waals surface area contributed by atoms with Gasteiger partial charge < -0.3 is 5.11 Å². The Morgan fingerprint density at radius 2 is 2.20 bits per heavy atom. The summed E-state index contributed by atoms with van der Waals surface area (Å²) in [5.41, 5.74) is 0. The van der Waals surface area contributed by atoms with Crippen molar-refractivity contribution >= 4 is 21.4 Å². The van der Waals surface area contributed by atoms with Crippen molar-refractivity contribution in [2.24, 2.45) is 0 Å². The van der Waals surface area contributed by atoms with Gasteiger partial charge in [0.25, 0.3) is 0 Å². The lowest BCUT2D eigenvalue weighted by Crippen LogP contribution is -2.02. The molecular weight excluding hydrogens is 204 g/mol. The fourth-order valence-electron chi connectivity index (χ4n) is 1.52. The van der Waals surface area contributed by atoms with Crippen LogP contribution in [0.1, 0.15) is 11.3 Å². The van der Waals surface area contributed by atoms with E-state index in [0.29, 0.717) is 6.42 Å². The van der Waals surface area contributed by atoms with Crippen LogP contribution in [0.3, 0.4) is 0 Å². The van der Waals surface area contributed by atoms with Gasteiger partial charge in [0.05, 0.1) is 0 Å². The van der Waals surface area contributed by atoms with Crippen molar-refractivity contribution in [2.75, 3.05) is 0 Å². The third-order valence-corrected chi connectivity index (χ3v) is 3.51. The lowest BCUT2D eigenvalue weighted by atomic mass is 10.1. The molecule has 2 rings (SSSR count). The molecule has 0 bridgehead atoms. The van der Waals surface area contributed by atoms with Crippen LogP contribution in [-0.2, 0) is 6.42 Å². The van der Waals surface area contributed by atoms with Crippen LogP contribution in [0.15, 0.2) is 30.3 Å².